The number of benzene rings is 1. The maximum Gasteiger partial charge on any atom is 0.240 e. The molecular weight excluding hydrogens is 356 g/mol. The summed E-state index contributed by atoms with van der Waals surface area (Å²) in [6, 6.07) is 7.60. The molecule has 1 saturated heterocycles. The fraction of sp³-hybridized carbons (Fsp3) is 0.357. The van der Waals surface area contributed by atoms with Gasteiger partial charge in [-0.15, -0.1) is 0 Å². The highest BCUT2D eigenvalue weighted by Gasteiger charge is 2.28. The number of sulfone groups is 1. The minimum atomic E-state index is -2.97. The Balaban J connectivity index is 1.70. The van der Waals surface area contributed by atoms with E-state index in [4.69, 9.17) is 0 Å². The molecule has 21 heavy (non-hydrogen) atoms. The van der Waals surface area contributed by atoms with Gasteiger partial charge in [-0.25, -0.2) is 8.42 Å². The van der Waals surface area contributed by atoms with E-state index in [1.54, 1.807) is 0 Å². The van der Waals surface area contributed by atoms with E-state index in [2.05, 4.69) is 21.2 Å². The Kier molecular flexibility index (Phi) is 3.79. The Morgan fingerprint density at radius 1 is 1.38 bits per heavy atom. The number of nitrogens with one attached hydrogen (secondary N) is 1. The fourth-order valence-electron chi connectivity index (χ4n) is 2.63. The number of carbonyl (C=O) groups is 1. The van der Waals surface area contributed by atoms with Gasteiger partial charge in [0, 0.05) is 22.2 Å². The van der Waals surface area contributed by atoms with Crippen LogP contribution in [0.2, 0.25) is 0 Å². The molecule has 112 valence electrons. The van der Waals surface area contributed by atoms with Crippen LogP contribution in [-0.4, -0.2) is 36.4 Å². The van der Waals surface area contributed by atoms with Crippen LogP contribution in [0.1, 0.15) is 6.42 Å². The quantitative estimate of drug-likeness (QED) is 0.893. The van der Waals surface area contributed by atoms with Crippen molar-refractivity contribution in [1.29, 1.82) is 0 Å². The first kappa shape index (κ1) is 14.6. The number of fused-ring (bicyclic) bond motifs is 1. The maximum absolute atomic E-state index is 12.1. The van der Waals surface area contributed by atoms with E-state index >= 15 is 0 Å². The first-order valence-electron chi connectivity index (χ1n) is 6.67. The Labute approximate surface area is 131 Å². The zero-order valence-corrected chi connectivity index (χ0v) is 13.7. The number of aromatic nitrogens is 1. The van der Waals surface area contributed by atoms with E-state index in [9.17, 15) is 13.2 Å². The molecule has 1 aliphatic rings. The molecule has 3 rings (SSSR count). The average molecular weight is 371 g/mol. The van der Waals surface area contributed by atoms with Crippen LogP contribution in [0.3, 0.4) is 0 Å². The Morgan fingerprint density at radius 2 is 2.19 bits per heavy atom. The smallest absolute Gasteiger partial charge is 0.240 e. The molecule has 1 amide bonds. The lowest BCUT2D eigenvalue weighted by Crippen LogP contribution is -2.37. The third-order valence-corrected chi connectivity index (χ3v) is 5.91. The summed E-state index contributed by atoms with van der Waals surface area (Å²) in [5.41, 5.74) is 0.971. The monoisotopic (exact) mass is 370 g/mol. The molecule has 1 aromatic carbocycles. The van der Waals surface area contributed by atoms with E-state index in [0.717, 1.165) is 15.4 Å². The molecule has 1 atom stereocenters. The molecule has 1 aliphatic heterocycles. The Bertz CT molecular complexity index is 798. The van der Waals surface area contributed by atoms with Gasteiger partial charge in [-0.1, -0.05) is 22.0 Å². The summed E-state index contributed by atoms with van der Waals surface area (Å²) >= 11 is 3.42. The predicted octanol–water partition coefficient (Wildman–Crippen LogP) is 1.71. The van der Waals surface area contributed by atoms with Crippen molar-refractivity contribution in [3.05, 3.63) is 34.9 Å². The summed E-state index contributed by atoms with van der Waals surface area (Å²) in [6.07, 6.45) is 2.37. The highest BCUT2D eigenvalue weighted by atomic mass is 79.9. The van der Waals surface area contributed by atoms with Gasteiger partial charge in [0.25, 0.3) is 0 Å². The molecule has 0 spiro atoms. The zero-order valence-electron chi connectivity index (χ0n) is 11.3. The van der Waals surface area contributed by atoms with Crippen molar-refractivity contribution >= 4 is 42.6 Å². The minimum absolute atomic E-state index is 0.0523. The Morgan fingerprint density at radius 3 is 2.90 bits per heavy atom. The summed E-state index contributed by atoms with van der Waals surface area (Å²) < 4.78 is 25.6. The van der Waals surface area contributed by atoms with Crippen molar-refractivity contribution in [2.24, 2.45) is 0 Å². The van der Waals surface area contributed by atoms with Crippen LogP contribution in [0.15, 0.2) is 34.9 Å². The van der Waals surface area contributed by atoms with Crippen LogP contribution in [0.4, 0.5) is 0 Å². The highest BCUT2D eigenvalue weighted by Crippen LogP contribution is 2.21. The van der Waals surface area contributed by atoms with Crippen LogP contribution in [0.25, 0.3) is 10.9 Å². The minimum Gasteiger partial charge on any atom is -0.351 e. The Hall–Kier alpha value is -1.34. The molecule has 0 saturated carbocycles. The average Bonchev–Trinajstić information content (AvgIpc) is 2.93. The van der Waals surface area contributed by atoms with Crippen LogP contribution in [0.5, 0.6) is 0 Å². The lowest BCUT2D eigenvalue weighted by atomic mass is 10.2. The van der Waals surface area contributed by atoms with Gasteiger partial charge < -0.3 is 9.88 Å². The highest BCUT2D eigenvalue weighted by molar-refractivity contribution is 9.10. The molecule has 2 aromatic rings. The molecule has 0 bridgehead atoms. The number of rotatable bonds is 3. The summed E-state index contributed by atoms with van der Waals surface area (Å²) in [4.78, 5) is 12.1. The second-order valence-electron chi connectivity index (χ2n) is 5.31. The number of amides is 1. The number of nitrogens with zero attached hydrogens (tertiary/aromatic N) is 1. The number of carbonyl (C=O) groups excluding carboxylic acids is 1. The molecule has 0 radical (unpaired) electrons. The van der Waals surface area contributed by atoms with E-state index in [1.807, 2.05) is 35.0 Å². The van der Waals surface area contributed by atoms with Gasteiger partial charge in [0.1, 0.15) is 6.54 Å². The summed E-state index contributed by atoms with van der Waals surface area (Å²) in [5.74, 6) is 0.0585. The fourth-order valence-corrected chi connectivity index (χ4v) is 4.65. The SMILES string of the molecule is O=C(Cn1ccc2ccc(Br)cc21)N[C@@H]1CCS(=O)(=O)C1. The third kappa shape index (κ3) is 3.29. The lowest BCUT2D eigenvalue weighted by Gasteiger charge is -2.12. The second-order valence-corrected chi connectivity index (χ2v) is 8.46. The van der Waals surface area contributed by atoms with Crippen molar-refractivity contribution < 1.29 is 13.2 Å². The van der Waals surface area contributed by atoms with Gasteiger partial charge in [0.2, 0.25) is 5.91 Å². The maximum atomic E-state index is 12.1. The van der Waals surface area contributed by atoms with Crippen LogP contribution in [-0.2, 0) is 21.2 Å². The van der Waals surface area contributed by atoms with Crippen molar-refractivity contribution in [1.82, 2.24) is 9.88 Å². The molecule has 0 aliphatic carbocycles. The normalized spacial score (nSPS) is 20.7. The van der Waals surface area contributed by atoms with E-state index in [0.29, 0.717) is 6.42 Å². The molecule has 0 unspecified atom stereocenters. The van der Waals surface area contributed by atoms with E-state index < -0.39 is 9.84 Å². The van der Waals surface area contributed by atoms with Crippen LogP contribution in [0, 0.1) is 0 Å². The first-order chi connectivity index (χ1) is 9.93. The predicted molar refractivity (Wildman–Crippen MR) is 84.8 cm³/mol. The van der Waals surface area contributed by atoms with Crippen molar-refractivity contribution in [2.45, 2.75) is 19.0 Å². The summed E-state index contributed by atoms with van der Waals surface area (Å²) in [6.45, 7) is 0.191. The van der Waals surface area contributed by atoms with Crippen molar-refractivity contribution in [2.75, 3.05) is 11.5 Å². The zero-order chi connectivity index (χ0) is 15.0. The molecule has 1 aromatic heterocycles. The number of hydrogen-bond donors (Lipinski definition) is 1. The van der Waals surface area contributed by atoms with Crippen LogP contribution < -0.4 is 5.32 Å². The lowest BCUT2D eigenvalue weighted by molar-refractivity contribution is -0.122. The molecule has 1 N–H and O–H groups in total. The van der Waals surface area contributed by atoms with Gasteiger partial charge in [-0.3, -0.25) is 4.79 Å². The molecule has 5 nitrogen and oxygen atoms in total. The molecule has 1 fully saturated rings. The van der Waals surface area contributed by atoms with Gasteiger partial charge in [-0.05, 0) is 30.0 Å². The third-order valence-electron chi connectivity index (χ3n) is 3.65. The molecule has 2 heterocycles. The van der Waals surface area contributed by atoms with E-state index in [-0.39, 0.29) is 30.0 Å². The van der Waals surface area contributed by atoms with Crippen molar-refractivity contribution in [3.8, 4) is 0 Å². The summed E-state index contributed by atoms with van der Waals surface area (Å²) in [5, 5.41) is 3.87. The number of hydrogen-bond acceptors (Lipinski definition) is 3. The number of halogens is 1. The van der Waals surface area contributed by atoms with Crippen LogP contribution >= 0.6 is 15.9 Å². The summed E-state index contributed by atoms with van der Waals surface area (Å²) in [7, 11) is -2.97. The van der Waals surface area contributed by atoms with Crippen molar-refractivity contribution in [3.63, 3.8) is 0 Å². The van der Waals surface area contributed by atoms with Gasteiger partial charge in [0.15, 0.2) is 9.84 Å². The largest absolute Gasteiger partial charge is 0.351 e. The topological polar surface area (TPSA) is 68.2 Å². The standard InChI is InChI=1S/C14H15BrN2O3S/c15-11-2-1-10-3-5-17(13(10)7-11)8-14(18)16-12-4-6-21(19,20)9-12/h1-3,5,7,12H,4,6,8-9H2,(H,16,18)/t12-/m1/s1. The van der Waals surface area contributed by atoms with Gasteiger partial charge in [0.05, 0.1) is 11.5 Å². The molecular formula is C14H15BrN2O3S. The van der Waals surface area contributed by atoms with E-state index in [1.165, 1.54) is 0 Å². The second kappa shape index (κ2) is 5.46. The van der Waals surface area contributed by atoms with Gasteiger partial charge in [-0.2, -0.15) is 0 Å². The molecule has 7 heteroatoms. The van der Waals surface area contributed by atoms with Gasteiger partial charge >= 0.3 is 0 Å². The first-order valence-corrected chi connectivity index (χ1v) is 9.28.